The summed E-state index contributed by atoms with van der Waals surface area (Å²) in [5.74, 6) is 0.348. The van der Waals surface area contributed by atoms with Crippen molar-refractivity contribution < 1.29 is 18.4 Å². The van der Waals surface area contributed by atoms with Crippen LogP contribution in [0, 0.1) is 12.7 Å². The van der Waals surface area contributed by atoms with E-state index in [0.29, 0.717) is 26.8 Å². The number of furan rings is 1. The number of hydrogen-bond donors (Lipinski definition) is 2. The van der Waals surface area contributed by atoms with Gasteiger partial charge in [0.25, 0.3) is 11.8 Å². The molecule has 4 heterocycles. The van der Waals surface area contributed by atoms with Crippen molar-refractivity contribution in [3.05, 3.63) is 70.5 Å². The lowest BCUT2D eigenvalue weighted by Crippen LogP contribution is -2.13. The topological polar surface area (TPSA) is 102 Å². The van der Waals surface area contributed by atoms with Gasteiger partial charge in [0.15, 0.2) is 11.6 Å². The molecule has 2 N–H and O–H groups in total. The van der Waals surface area contributed by atoms with E-state index < -0.39 is 17.6 Å². The Hall–Kier alpha value is -3.79. The fourth-order valence-corrected chi connectivity index (χ4v) is 4.95. The second-order valence-electron chi connectivity index (χ2n) is 8.11. The third-order valence-electron chi connectivity index (χ3n) is 5.69. The molecule has 2 amide bonds. The Morgan fingerprint density at radius 1 is 1.09 bits per heavy atom. The first-order valence-corrected chi connectivity index (χ1v) is 11.8. The van der Waals surface area contributed by atoms with Gasteiger partial charge < -0.3 is 19.6 Å². The van der Waals surface area contributed by atoms with Crippen LogP contribution in [0.25, 0.3) is 11.4 Å². The lowest BCUT2D eigenvalue weighted by molar-refractivity contribution is 0.0995. The maximum absolute atomic E-state index is 14.6. The molecule has 174 valence electrons. The smallest absolute Gasteiger partial charge is 0.291 e. The van der Waals surface area contributed by atoms with Gasteiger partial charge in [-0.05, 0) is 61.7 Å². The highest BCUT2D eigenvalue weighted by Gasteiger charge is 2.20. The van der Waals surface area contributed by atoms with Crippen molar-refractivity contribution in [3.8, 4) is 11.4 Å². The van der Waals surface area contributed by atoms with Crippen molar-refractivity contribution in [1.29, 1.82) is 0 Å². The standard InChI is InChI=1S/C24H22FN5O3S/c1-14-12-20(27-23(31)18-6-5-11-33-18)34-21(14)24(32)26-17-13-15(8-9-16(17)25)22-29-28-19-7-3-2-4-10-30(19)22/h5-6,8-9,11-13H,2-4,7,10H2,1H3,(H,26,32)(H,27,31). The minimum Gasteiger partial charge on any atom is -0.459 e. The molecule has 10 heteroatoms. The zero-order chi connectivity index (χ0) is 23.7. The molecule has 0 atom stereocenters. The number of rotatable bonds is 5. The van der Waals surface area contributed by atoms with E-state index in [9.17, 15) is 14.0 Å². The predicted octanol–water partition coefficient (Wildman–Crippen LogP) is 5.28. The number of benzene rings is 1. The maximum atomic E-state index is 14.6. The fourth-order valence-electron chi connectivity index (χ4n) is 3.99. The zero-order valence-electron chi connectivity index (χ0n) is 18.4. The van der Waals surface area contributed by atoms with E-state index in [1.54, 1.807) is 37.3 Å². The zero-order valence-corrected chi connectivity index (χ0v) is 19.2. The van der Waals surface area contributed by atoms with E-state index in [2.05, 4.69) is 25.4 Å². The number of fused-ring (bicyclic) bond motifs is 1. The number of aryl methyl sites for hydroxylation is 2. The molecule has 3 aromatic heterocycles. The van der Waals surface area contributed by atoms with Crippen LogP contribution < -0.4 is 10.6 Å². The minimum atomic E-state index is -0.548. The Morgan fingerprint density at radius 3 is 2.79 bits per heavy atom. The van der Waals surface area contributed by atoms with Gasteiger partial charge in [0, 0.05) is 18.5 Å². The first kappa shape index (κ1) is 22.0. The number of anilines is 2. The molecule has 1 aliphatic rings. The molecular formula is C24H22FN5O3S. The molecule has 8 nitrogen and oxygen atoms in total. The van der Waals surface area contributed by atoms with E-state index >= 15 is 0 Å². The highest BCUT2D eigenvalue weighted by atomic mass is 32.1. The van der Waals surface area contributed by atoms with Gasteiger partial charge in [0.1, 0.15) is 11.6 Å². The van der Waals surface area contributed by atoms with E-state index in [4.69, 9.17) is 4.42 Å². The third-order valence-corrected chi connectivity index (χ3v) is 6.84. The molecule has 0 saturated heterocycles. The van der Waals surface area contributed by atoms with Gasteiger partial charge in [-0.15, -0.1) is 21.5 Å². The monoisotopic (exact) mass is 479 g/mol. The molecule has 0 aliphatic carbocycles. The quantitative estimate of drug-likeness (QED) is 0.406. The van der Waals surface area contributed by atoms with Gasteiger partial charge in [0.2, 0.25) is 0 Å². The van der Waals surface area contributed by atoms with Crippen LogP contribution in [0.15, 0.2) is 47.1 Å². The first-order valence-electron chi connectivity index (χ1n) is 11.0. The van der Waals surface area contributed by atoms with Crippen molar-refractivity contribution in [2.24, 2.45) is 0 Å². The summed E-state index contributed by atoms with van der Waals surface area (Å²) in [4.78, 5) is 25.5. The Kier molecular flexibility index (Phi) is 5.97. The first-order chi connectivity index (χ1) is 16.5. The molecule has 1 aromatic carbocycles. The predicted molar refractivity (Wildman–Crippen MR) is 127 cm³/mol. The highest BCUT2D eigenvalue weighted by Crippen LogP contribution is 2.30. The number of nitrogens with one attached hydrogen (secondary N) is 2. The Morgan fingerprint density at radius 2 is 1.97 bits per heavy atom. The van der Waals surface area contributed by atoms with Gasteiger partial charge in [-0.3, -0.25) is 9.59 Å². The van der Waals surface area contributed by atoms with Crippen molar-refractivity contribution >= 4 is 33.8 Å². The van der Waals surface area contributed by atoms with Crippen LogP contribution in [0.4, 0.5) is 15.1 Å². The number of carbonyl (C=O) groups is 2. The largest absolute Gasteiger partial charge is 0.459 e. The molecular weight excluding hydrogens is 457 g/mol. The molecule has 4 aromatic rings. The Labute approximate surface area is 198 Å². The molecule has 0 radical (unpaired) electrons. The molecule has 0 saturated carbocycles. The van der Waals surface area contributed by atoms with Crippen LogP contribution in [-0.2, 0) is 13.0 Å². The van der Waals surface area contributed by atoms with E-state index in [1.807, 2.05) is 0 Å². The Bertz CT molecular complexity index is 1360. The number of amides is 2. The fraction of sp³-hybridized carbons (Fsp3) is 0.250. The summed E-state index contributed by atoms with van der Waals surface area (Å²) in [6, 6.07) is 9.41. The van der Waals surface area contributed by atoms with Crippen LogP contribution in [0.2, 0.25) is 0 Å². The van der Waals surface area contributed by atoms with Gasteiger partial charge in [0.05, 0.1) is 21.8 Å². The van der Waals surface area contributed by atoms with Gasteiger partial charge in [-0.25, -0.2) is 4.39 Å². The van der Waals surface area contributed by atoms with Crippen LogP contribution in [0.5, 0.6) is 0 Å². The van der Waals surface area contributed by atoms with Gasteiger partial charge in [-0.1, -0.05) is 6.42 Å². The third kappa shape index (κ3) is 4.36. The van der Waals surface area contributed by atoms with Crippen molar-refractivity contribution in [2.75, 3.05) is 10.6 Å². The maximum Gasteiger partial charge on any atom is 0.291 e. The van der Waals surface area contributed by atoms with Crippen LogP contribution >= 0.6 is 11.3 Å². The summed E-state index contributed by atoms with van der Waals surface area (Å²) in [5.41, 5.74) is 1.41. The highest BCUT2D eigenvalue weighted by molar-refractivity contribution is 7.18. The summed E-state index contributed by atoms with van der Waals surface area (Å²) in [5, 5.41) is 14.5. The Balaban J connectivity index is 1.36. The molecule has 0 unspecified atom stereocenters. The minimum absolute atomic E-state index is 0.0578. The number of carbonyl (C=O) groups excluding carboxylic acids is 2. The number of nitrogens with zero attached hydrogens (tertiary/aromatic N) is 3. The normalized spacial score (nSPS) is 13.2. The summed E-state index contributed by atoms with van der Waals surface area (Å²) in [6.45, 7) is 2.57. The second-order valence-corrected chi connectivity index (χ2v) is 9.16. The van der Waals surface area contributed by atoms with E-state index in [-0.39, 0.29) is 11.4 Å². The molecule has 0 fully saturated rings. The van der Waals surface area contributed by atoms with Crippen molar-refractivity contribution in [1.82, 2.24) is 14.8 Å². The van der Waals surface area contributed by atoms with Gasteiger partial charge >= 0.3 is 0 Å². The summed E-state index contributed by atoms with van der Waals surface area (Å²) >= 11 is 1.11. The molecule has 0 bridgehead atoms. The summed E-state index contributed by atoms with van der Waals surface area (Å²) in [7, 11) is 0. The number of halogens is 1. The molecule has 34 heavy (non-hydrogen) atoms. The van der Waals surface area contributed by atoms with Crippen molar-refractivity contribution in [2.45, 2.75) is 39.2 Å². The van der Waals surface area contributed by atoms with E-state index in [1.165, 1.54) is 12.3 Å². The molecule has 1 aliphatic heterocycles. The number of thiophene rings is 1. The molecule has 5 rings (SSSR count). The van der Waals surface area contributed by atoms with Crippen LogP contribution in [0.1, 0.15) is 50.9 Å². The van der Waals surface area contributed by atoms with Crippen LogP contribution in [0.3, 0.4) is 0 Å². The van der Waals surface area contributed by atoms with Crippen LogP contribution in [-0.4, -0.2) is 26.6 Å². The van der Waals surface area contributed by atoms with Gasteiger partial charge in [-0.2, -0.15) is 0 Å². The lowest BCUT2D eigenvalue weighted by Gasteiger charge is -2.10. The number of aromatic nitrogens is 3. The number of hydrogen-bond acceptors (Lipinski definition) is 6. The van der Waals surface area contributed by atoms with E-state index in [0.717, 1.165) is 49.4 Å². The molecule has 0 spiro atoms. The second kappa shape index (κ2) is 9.22. The summed E-state index contributed by atoms with van der Waals surface area (Å²) in [6.07, 6.45) is 5.53. The lowest BCUT2D eigenvalue weighted by atomic mass is 10.1. The average Bonchev–Trinajstić information content (AvgIpc) is 3.53. The average molecular weight is 480 g/mol. The SMILES string of the molecule is Cc1cc(NC(=O)c2ccco2)sc1C(=O)Nc1cc(-c2nnc3n2CCCCC3)ccc1F. The van der Waals surface area contributed by atoms with Crippen molar-refractivity contribution in [3.63, 3.8) is 0 Å². The summed E-state index contributed by atoms with van der Waals surface area (Å²) < 4.78 is 21.8.